The molecule has 22 heavy (non-hydrogen) atoms. The normalized spacial score (nSPS) is 12.9. The Morgan fingerprint density at radius 1 is 0.955 bits per heavy atom. The number of ether oxygens (including phenoxy) is 1. The van der Waals surface area contributed by atoms with Crippen molar-refractivity contribution in [2.75, 3.05) is 7.11 Å². The van der Waals surface area contributed by atoms with Gasteiger partial charge in [-0.15, -0.1) is 0 Å². The summed E-state index contributed by atoms with van der Waals surface area (Å²) in [6.07, 6.45) is 2.39. The standard InChI is InChI=1S/C19H31NOSi/c1-13(2)22(14(3)4,15(5)6)20-12-16(7)19-17(20)10-9-11-18(19)21-8/h9-15H,1-8H3. The Hall–Kier alpha value is -1.22. The molecule has 0 radical (unpaired) electrons. The summed E-state index contributed by atoms with van der Waals surface area (Å²) in [5.41, 5.74) is 4.74. The molecule has 0 amide bonds. The molecular formula is C19H31NOSi. The van der Waals surface area contributed by atoms with E-state index in [0.29, 0.717) is 16.6 Å². The van der Waals surface area contributed by atoms with Gasteiger partial charge in [0.05, 0.1) is 7.11 Å². The van der Waals surface area contributed by atoms with Crippen LogP contribution in [0.2, 0.25) is 16.6 Å². The third kappa shape index (κ3) is 2.30. The third-order valence-electron chi connectivity index (χ3n) is 5.39. The van der Waals surface area contributed by atoms with Gasteiger partial charge in [-0.1, -0.05) is 47.6 Å². The zero-order valence-corrected chi connectivity index (χ0v) is 16.4. The first kappa shape index (κ1) is 17.1. The number of hydrogen-bond donors (Lipinski definition) is 0. The summed E-state index contributed by atoms with van der Waals surface area (Å²) in [7, 11) is 0.0456. The van der Waals surface area contributed by atoms with E-state index in [2.05, 4.69) is 77.1 Å². The first-order valence-electron chi connectivity index (χ1n) is 8.43. The molecule has 0 aliphatic carbocycles. The second kappa shape index (κ2) is 6.11. The van der Waals surface area contributed by atoms with Crippen molar-refractivity contribution in [1.29, 1.82) is 0 Å². The molecule has 0 aliphatic rings. The predicted molar refractivity (Wildman–Crippen MR) is 99.7 cm³/mol. The largest absolute Gasteiger partial charge is 0.496 e. The monoisotopic (exact) mass is 317 g/mol. The lowest BCUT2D eigenvalue weighted by Gasteiger charge is -2.44. The molecule has 0 aliphatic heterocycles. The number of fused-ring (bicyclic) bond motifs is 1. The van der Waals surface area contributed by atoms with E-state index >= 15 is 0 Å². The van der Waals surface area contributed by atoms with Gasteiger partial charge in [-0.25, -0.2) is 0 Å². The highest BCUT2D eigenvalue weighted by molar-refractivity contribution is 6.82. The van der Waals surface area contributed by atoms with E-state index in [4.69, 9.17) is 4.74 Å². The van der Waals surface area contributed by atoms with Crippen molar-refractivity contribution in [2.45, 2.75) is 65.1 Å². The molecule has 2 nitrogen and oxygen atoms in total. The SMILES string of the molecule is COc1cccc2c1c(C)cn2[Si](C(C)C)(C(C)C)C(C)C. The van der Waals surface area contributed by atoms with Gasteiger partial charge in [0.15, 0.2) is 8.24 Å². The molecule has 2 rings (SSSR count). The van der Waals surface area contributed by atoms with Crippen LogP contribution in [-0.2, 0) is 0 Å². The van der Waals surface area contributed by atoms with E-state index in [1.54, 1.807) is 7.11 Å². The van der Waals surface area contributed by atoms with Gasteiger partial charge in [0, 0.05) is 10.9 Å². The van der Waals surface area contributed by atoms with Crippen LogP contribution in [0.5, 0.6) is 5.75 Å². The number of rotatable bonds is 5. The fraction of sp³-hybridized carbons (Fsp3) is 0.579. The van der Waals surface area contributed by atoms with E-state index < -0.39 is 8.24 Å². The summed E-state index contributed by atoms with van der Waals surface area (Å²) in [6, 6.07) is 6.46. The average molecular weight is 318 g/mol. The maximum Gasteiger partial charge on any atom is 0.169 e. The third-order valence-corrected chi connectivity index (χ3v) is 12.1. The second-order valence-electron chi connectivity index (χ2n) is 7.39. The van der Waals surface area contributed by atoms with Crippen LogP contribution in [0.4, 0.5) is 0 Å². The predicted octanol–water partition coefficient (Wildman–Crippen LogP) is 5.98. The van der Waals surface area contributed by atoms with Crippen LogP contribution in [0, 0.1) is 6.92 Å². The van der Waals surface area contributed by atoms with Gasteiger partial charge >= 0.3 is 0 Å². The number of methoxy groups -OCH3 is 1. The van der Waals surface area contributed by atoms with E-state index in [9.17, 15) is 0 Å². The lowest BCUT2D eigenvalue weighted by atomic mass is 10.2. The van der Waals surface area contributed by atoms with E-state index in [1.165, 1.54) is 16.5 Å². The maximum absolute atomic E-state index is 5.62. The highest BCUT2D eigenvalue weighted by atomic mass is 28.3. The van der Waals surface area contributed by atoms with Crippen molar-refractivity contribution in [3.63, 3.8) is 0 Å². The molecule has 1 aromatic heterocycles. The lowest BCUT2D eigenvalue weighted by molar-refractivity contribution is 0.419. The summed E-state index contributed by atoms with van der Waals surface area (Å²) in [4.78, 5) is 0. The summed E-state index contributed by atoms with van der Waals surface area (Å²) in [5, 5.41) is 1.28. The van der Waals surface area contributed by atoms with Gasteiger partial charge in [-0.05, 0) is 47.4 Å². The highest BCUT2D eigenvalue weighted by Crippen LogP contribution is 2.45. The van der Waals surface area contributed by atoms with Gasteiger partial charge in [0.2, 0.25) is 0 Å². The minimum Gasteiger partial charge on any atom is -0.496 e. The molecule has 0 fully saturated rings. The first-order valence-corrected chi connectivity index (χ1v) is 10.6. The fourth-order valence-electron chi connectivity index (χ4n) is 4.77. The second-order valence-corrected chi connectivity index (χ2v) is 13.1. The van der Waals surface area contributed by atoms with Crippen molar-refractivity contribution < 1.29 is 4.74 Å². The van der Waals surface area contributed by atoms with Crippen LogP contribution in [0.1, 0.15) is 47.1 Å². The molecule has 122 valence electrons. The molecule has 2 aromatic rings. The van der Waals surface area contributed by atoms with Gasteiger partial charge in [-0.2, -0.15) is 0 Å². The molecule has 0 N–H and O–H groups in total. The number of benzene rings is 1. The van der Waals surface area contributed by atoms with E-state index in [0.717, 1.165) is 5.75 Å². The Bertz CT molecular complexity index is 633. The molecule has 0 bridgehead atoms. The van der Waals surface area contributed by atoms with Crippen molar-refractivity contribution in [3.8, 4) is 5.75 Å². The number of aromatic nitrogens is 1. The quantitative estimate of drug-likeness (QED) is 0.618. The van der Waals surface area contributed by atoms with Crippen LogP contribution >= 0.6 is 0 Å². The minimum absolute atomic E-state index is 0.689. The zero-order chi connectivity index (χ0) is 16.7. The first-order chi connectivity index (χ1) is 10.3. The van der Waals surface area contributed by atoms with Gasteiger partial charge in [0.25, 0.3) is 0 Å². The molecular weight excluding hydrogens is 286 g/mol. The topological polar surface area (TPSA) is 14.2 Å². The maximum atomic E-state index is 5.62. The van der Waals surface area contributed by atoms with Crippen LogP contribution in [0.25, 0.3) is 10.9 Å². The van der Waals surface area contributed by atoms with Crippen LogP contribution in [0.15, 0.2) is 24.4 Å². The Balaban J connectivity index is 2.87. The molecule has 3 heteroatoms. The smallest absolute Gasteiger partial charge is 0.169 e. The van der Waals surface area contributed by atoms with Crippen molar-refractivity contribution in [1.82, 2.24) is 4.23 Å². The number of aryl methyl sites for hydroxylation is 1. The molecule has 0 saturated carbocycles. The summed E-state index contributed by atoms with van der Waals surface area (Å²) in [6.45, 7) is 16.7. The Labute approximate surface area is 136 Å². The molecule has 1 aromatic carbocycles. The van der Waals surface area contributed by atoms with Gasteiger partial charge < -0.3 is 8.97 Å². The molecule has 0 unspecified atom stereocenters. The van der Waals surface area contributed by atoms with E-state index in [-0.39, 0.29) is 0 Å². The van der Waals surface area contributed by atoms with Gasteiger partial charge in [0.1, 0.15) is 5.75 Å². The van der Waals surface area contributed by atoms with Crippen molar-refractivity contribution in [2.24, 2.45) is 0 Å². The average Bonchev–Trinajstić information content (AvgIpc) is 2.76. The van der Waals surface area contributed by atoms with Crippen LogP contribution in [-0.4, -0.2) is 19.6 Å². The minimum atomic E-state index is -1.72. The Kier molecular flexibility index (Phi) is 4.76. The van der Waals surface area contributed by atoms with Crippen LogP contribution in [0.3, 0.4) is 0 Å². The number of hydrogen-bond acceptors (Lipinski definition) is 1. The molecule has 0 atom stereocenters. The zero-order valence-electron chi connectivity index (χ0n) is 15.4. The fourth-order valence-corrected chi connectivity index (χ4v) is 11.5. The number of nitrogens with zero attached hydrogens (tertiary/aromatic N) is 1. The molecule has 1 heterocycles. The van der Waals surface area contributed by atoms with Crippen LogP contribution < -0.4 is 4.74 Å². The Morgan fingerprint density at radius 3 is 1.95 bits per heavy atom. The molecule has 0 spiro atoms. The Morgan fingerprint density at radius 2 is 1.50 bits per heavy atom. The van der Waals surface area contributed by atoms with Crippen molar-refractivity contribution >= 4 is 19.1 Å². The summed E-state index contributed by atoms with van der Waals surface area (Å²) >= 11 is 0. The lowest BCUT2D eigenvalue weighted by Crippen LogP contribution is -2.51. The van der Waals surface area contributed by atoms with Gasteiger partial charge in [-0.3, -0.25) is 0 Å². The van der Waals surface area contributed by atoms with E-state index in [1.807, 2.05) is 0 Å². The molecule has 0 saturated heterocycles. The highest BCUT2D eigenvalue weighted by Gasteiger charge is 2.45. The van der Waals surface area contributed by atoms with Crippen molar-refractivity contribution in [3.05, 3.63) is 30.0 Å². The summed E-state index contributed by atoms with van der Waals surface area (Å²) in [5.74, 6) is 0.993. The summed E-state index contributed by atoms with van der Waals surface area (Å²) < 4.78 is 8.28.